The van der Waals surface area contributed by atoms with Gasteiger partial charge in [-0.3, -0.25) is 4.79 Å². The molecule has 0 unspecified atom stereocenters. The van der Waals surface area contributed by atoms with Gasteiger partial charge in [0.05, 0.1) is 18.2 Å². The second-order valence-electron chi connectivity index (χ2n) is 3.62. The highest BCUT2D eigenvalue weighted by Crippen LogP contribution is 2.30. The fourth-order valence-corrected chi connectivity index (χ4v) is 1.37. The van der Waals surface area contributed by atoms with Crippen LogP contribution in [0.2, 0.25) is 0 Å². The van der Waals surface area contributed by atoms with Crippen molar-refractivity contribution in [3.8, 4) is 6.07 Å². The van der Waals surface area contributed by atoms with Crippen LogP contribution in [0.3, 0.4) is 0 Å². The van der Waals surface area contributed by atoms with Crippen molar-refractivity contribution in [2.45, 2.75) is 24.9 Å². The lowest BCUT2D eigenvalue weighted by atomic mass is 9.80. The highest BCUT2D eigenvalue weighted by atomic mass is 16.3. The number of carbonyl (C=O) groups excluding carboxylic acids is 1. The van der Waals surface area contributed by atoms with Gasteiger partial charge in [-0.15, -0.1) is 0 Å². The van der Waals surface area contributed by atoms with Gasteiger partial charge in [0, 0.05) is 6.54 Å². The Morgan fingerprint density at radius 3 is 2.79 bits per heavy atom. The average Bonchev–Trinajstić information content (AvgIpc) is 2.12. The van der Waals surface area contributed by atoms with Gasteiger partial charge in [0.15, 0.2) is 0 Å². The molecule has 0 aliphatic heterocycles. The van der Waals surface area contributed by atoms with Gasteiger partial charge in [0.1, 0.15) is 6.54 Å². The molecule has 1 amide bonds. The van der Waals surface area contributed by atoms with E-state index in [-0.39, 0.29) is 19.0 Å². The maximum atomic E-state index is 11.0. The first kappa shape index (κ1) is 11.0. The van der Waals surface area contributed by atoms with Crippen molar-refractivity contribution in [2.24, 2.45) is 0 Å². The summed E-state index contributed by atoms with van der Waals surface area (Å²) in [4.78, 5) is 11.0. The van der Waals surface area contributed by atoms with E-state index < -0.39 is 5.60 Å². The summed E-state index contributed by atoms with van der Waals surface area (Å²) in [6, 6.07) is 1.82. The van der Waals surface area contributed by atoms with Crippen LogP contribution in [0.1, 0.15) is 19.3 Å². The van der Waals surface area contributed by atoms with E-state index in [1.807, 2.05) is 6.07 Å². The normalized spacial score (nSPS) is 18.0. The molecule has 1 fully saturated rings. The molecule has 0 heterocycles. The number of carbonyl (C=O) groups is 1. The summed E-state index contributed by atoms with van der Waals surface area (Å²) >= 11 is 0. The zero-order valence-corrected chi connectivity index (χ0v) is 8.05. The van der Waals surface area contributed by atoms with Crippen LogP contribution < -0.4 is 10.6 Å². The van der Waals surface area contributed by atoms with Gasteiger partial charge in [0.2, 0.25) is 5.91 Å². The van der Waals surface area contributed by atoms with Crippen molar-refractivity contribution in [2.75, 3.05) is 19.6 Å². The van der Waals surface area contributed by atoms with Crippen molar-refractivity contribution in [1.82, 2.24) is 10.6 Å². The molecule has 0 aromatic heterocycles. The molecule has 0 saturated heterocycles. The van der Waals surface area contributed by atoms with Gasteiger partial charge in [-0.2, -0.15) is 5.26 Å². The predicted octanol–water partition coefficient (Wildman–Crippen LogP) is -0.869. The molecule has 1 aliphatic carbocycles. The molecule has 0 spiro atoms. The highest BCUT2D eigenvalue weighted by molar-refractivity contribution is 5.78. The van der Waals surface area contributed by atoms with Gasteiger partial charge in [-0.1, -0.05) is 0 Å². The Bertz CT molecular complexity index is 243. The molecule has 78 valence electrons. The molecule has 5 heteroatoms. The van der Waals surface area contributed by atoms with E-state index in [0.717, 1.165) is 19.3 Å². The monoisotopic (exact) mass is 197 g/mol. The predicted molar refractivity (Wildman–Crippen MR) is 50.3 cm³/mol. The molecular formula is C9H15N3O2. The van der Waals surface area contributed by atoms with Crippen molar-refractivity contribution in [1.29, 1.82) is 5.26 Å². The van der Waals surface area contributed by atoms with E-state index in [0.29, 0.717) is 6.54 Å². The number of amides is 1. The molecule has 14 heavy (non-hydrogen) atoms. The van der Waals surface area contributed by atoms with Crippen molar-refractivity contribution < 1.29 is 9.90 Å². The Kier molecular flexibility index (Phi) is 3.86. The third-order valence-corrected chi connectivity index (χ3v) is 2.39. The minimum atomic E-state index is -0.602. The molecule has 3 N–H and O–H groups in total. The molecule has 1 aliphatic rings. The lowest BCUT2D eigenvalue weighted by Gasteiger charge is -2.36. The van der Waals surface area contributed by atoms with Crippen LogP contribution in [0.5, 0.6) is 0 Å². The number of nitriles is 1. The molecule has 0 aromatic rings. The Morgan fingerprint density at radius 2 is 2.29 bits per heavy atom. The number of nitrogens with one attached hydrogen (secondary N) is 2. The minimum absolute atomic E-state index is 0.0325. The Hall–Kier alpha value is -1.12. The zero-order valence-electron chi connectivity index (χ0n) is 8.05. The molecule has 0 atom stereocenters. The summed E-state index contributed by atoms with van der Waals surface area (Å²) in [5.74, 6) is -0.213. The fourth-order valence-electron chi connectivity index (χ4n) is 1.37. The summed E-state index contributed by atoms with van der Waals surface area (Å²) < 4.78 is 0. The first-order valence-electron chi connectivity index (χ1n) is 4.73. The summed E-state index contributed by atoms with van der Waals surface area (Å²) in [6.45, 7) is 0.641. The second-order valence-corrected chi connectivity index (χ2v) is 3.62. The molecule has 0 radical (unpaired) electrons. The van der Waals surface area contributed by atoms with Crippen LogP contribution in [0, 0.1) is 11.3 Å². The third-order valence-electron chi connectivity index (χ3n) is 2.39. The molecular weight excluding hydrogens is 182 g/mol. The minimum Gasteiger partial charge on any atom is -0.389 e. The molecule has 1 rings (SSSR count). The maximum absolute atomic E-state index is 11.0. The van der Waals surface area contributed by atoms with Crippen LogP contribution >= 0.6 is 0 Å². The van der Waals surface area contributed by atoms with E-state index >= 15 is 0 Å². The van der Waals surface area contributed by atoms with Crippen LogP contribution in [-0.4, -0.2) is 36.2 Å². The van der Waals surface area contributed by atoms with E-state index in [9.17, 15) is 9.90 Å². The Morgan fingerprint density at radius 1 is 1.57 bits per heavy atom. The number of aliphatic hydroxyl groups is 1. The average molecular weight is 197 g/mol. The highest BCUT2D eigenvalue weighted by Gasteiger charge is 2.33. The van der Waals surface area contributed by atoms with Gasteiger partial charge in [-0.05, 0) is 19.3 Å². The summed E-state index contributed by atoms with van der Waals surface area (Å²) in [7, 11) is 0. The lowest BCUT2D eigenvalue weighted by molar-refractivity contribution is -0.120. The third kappa shape index (κ3) is 3.32. The van der Waals surface area contributed by atoms with E-state index in [1.54, 1.807) is 0 Å². The lowest BCUT2D eigenvalue weighted by Crippen LogP contribution is -2.48. The standard InChI is InChI=1S/C9H15N3O2/c10-4-5-12-8(13)6-11-7-9(14)2-1-3-9/h11,14H,1-3,5-7H2,(H,12,13). The van der Waals surface area contributed by atoms with Gasteiger partial charge >= 0.3 is 0 Å². The smallest absolute Gasteiger partial charge is 0.234 e. The molecule has 5 nitrogen and oxygen atoms in total. The van der Waals surface area contributed by atoms with Crippen LogP contribution in [0.15, 0.2) is 0 Å². The Balaban J connectivity index is 2.03. The zero-order chi connectivity index (χ0) is 10.4. The van der Waals surface area contributed by atoms with Crippen molar-refractivity contribution >= 4 is 5.91 Å². The topological polar surface area (TPSA) is 85.2 Å². The summed E-state index contributed by atoms with van der Waals surface area (Å²) in [5, 5.41) is 23.1. The quantitative estimate of drug-likeness (QED) is 0.500. The van der Waals surface area contributed by atoms with Crippen LogP contribution in [-0.2, 0) is 4.79 Å². The van der Waals surface area contributed by atoms with Crippen LogP contribution in [0.4, 0.5) is 0 Å². The number of hydrogen-bond donors (Lipinski definition) is 3. The van der Waals surface area contributed by atoms with Crippen LogP contribution in [0.25, 0.3) is 0 Å². The molecule has 0 aromatic carbocycles. The second kappa shape index (κ2) is 4.94. The first-order valence-corrected chi connectivity index (χ1v) is 4.73. The fraction of sp³-hybridized carbons (Fsp3) is 0.778. The van der Waals surface area contributed by atoms with E-state index in [4.69, 9.17) is 5.26 Å². The summed E-state index contributed by atoms with van der Waals surface area (Å²) in [6.07, 6.45) is 2.67. The van der Waals surface area contributed by atoms with Crippen molar-refractivity contribution in [3.63, 3.8) is 0 Å². The Labute approximate surface area is 83.1 Å². The van der Waals surface area contributed by atoms with E-state index in [2.05, 4.69) is 10.6 Å². The number of nitrogens with zero attached hydrogens (tertiary/aromatic N) is 1. The van der Waals surface area contributed by atoms with Gasteiger partial charge in [-0.25, -0.2) is 0 Å². The van der Waals surface area contributed by atoms with E-state index in [1.165, 1.54) is 0 Å². The first-order chi connectivity index (χ1) is 6.66. The van der Waals surface area contributed by atoms with Gasteiger partial charge in [0.25, 0.3) is 0 Å². The van der Waals surface area contributed by atoms with Gasteiger partial charge < -0.3 is 15.7 Å². The SMILES string of the molecule is N#CCNC(=O)CNCC1(O)CCC1. The summed E-state index contributed by atoms with van der Waals surface area (Å²) in [5.41, 5.74) is -0.602. The molecule has 0 bridgehead atoms. The number of rotatable bonds is 5. The number of hydrogen-bond acceptors (Lipinski definition) is 4. The van der Waals surface area contributed by atoms with Crippen molar-refractivity contribution in [3.05, 3.63) is 0 Å². The largest absolute Gasteiger partial charge is 0.389 e. The maximum Gasteiger partial charge on any atom is 0.234 e. The molecule has 1 saturated carbocycles.